The molecule has 2 heteroatoms. The first kappa shape index (κ1) is 18.4. The summed E-state index contributed by atoms with van der Waals surface area (Å²) in [7, 11) is 0.483. The highest BCUT2D eigenvalue weighted by Crippen LogP contribution is 2.28. The SMILES string of the molecule is C=CC/C(CCCC)=C(\C/C=C/COC)[Si](C)(C)C. The van der Waals surface area contributed by atoms with Gasteiger partial charge in [0.1, 0.15) is 0 Å². The van der Waals surface area contributed by atoms with Crippen molar-refractivity contribution >= 4 is 8.07 Å². The minimum Gasteiger partial charge on any atom is -0.381 e. The van der Waals surface area contributed by atoms with E-state index in [4.69, 9.17) is 4.74 Å². The number of unbranched alkanes of at least 4 members (excludes halogenated alkanes) is 1. The summed E-state index contributed by atoms with van der Waals surface area (Å²) in [5.41, 5.74) is 1.64. The molecule has 0 aromatic carbocycles. The van der Waals surface area contributed by atoms with Gasteiger partial charge in [0.25, 0.3) is 0 Å². The molecule has 0 bridgehead atoms. The minimum atomic E-state index is -1.26. The Labute approximate surface area is 121 Å². The third-order valence-corrected chi connectivity index (χ3v) is 5.67. The lowest BCUT2D eigenvalue weighted by Gasteiger charge is -2.25. The topological polar surface area (TPSA) is 9.23 Å². The molecule has 0 amide bonds. The fraction of sp³-hybridized carbons (Fsp3) is 0.647. The first-order valence-electron chi connectivity index (χ1n) is 7.43. The van der Waals surface area contributed by atoms with Gasteiger partial charge in [-0.3, -0.25) is 0 Å². The molecular weight excluding hydrogens is 248 g/mol. The summed E-state index contributed by atoms with van der Waals surface area (Å²) in [4.78, 5) is 0. The molecule has 0 aromatic rings. The van der Waals surface area contributed by atoms with Crippen LogP contribution < -0.4 is 0 Å². The molecule has 19 heavy (non-hydrogen) atoms. The van der Waals surface area contributed by atoms with Crippen molar-refractivity contribution < 1.29 is 4.74 Å². The maximum Gasteiger partial charge on any atom is 0.0728 e. The van der Waals surface area contributed by atoms with Gasteiger partial charge < -0.3 is 4.74 Å². The Bertz CT molecular complexity index is 308. The zero-order valence-corrected chi connectivity index (χ0v) is 14.6. The van der Waals surface area contributed by atoms with Crippen molar-refractivity contribution in [1.29, 1.82) is 0 Å². The van der Waals surface area contributed by atoms with E-state index in [9.17, 15) is 0 Å². The van der Waals surface area contributed by atoms with Gasteiger partial charge in [-0.1, -0.05) is 62.0 Å². The Morgan fingerprint density at radius 2 is 1.84 bits per heavy atom. The number of hydrogen-bond donors (Lipinski definition) is 0. The van der Waals surface area contributed by atoms with Gasteiger partial charge in [-0.15, -0.1) is 6.58 Å². The molecule has 0 rings (SSSR count). The van der Waals surface area contributed by atoms with Crippen LogP contribution in [0.25, 0.3) is 0 Å². The first-order valence-corrected chi connectivity index (χ1v) is 10.9. The van der Waals surface area contributed by atoms with Crippen LogP contribution in [0.1, 0.15) is 39.0 Å². The molecule has 0 atom stereocenters. The third-order valence-electron chi connectivity index (χ3n) is 3.31. The third kappa shape index (κ3) is 8.22. The molecule has 1 nitrogen and oxygen atoms in total. The van der Waals surface area contributed by atoms with Gasteiger partial charge in [0.2, 0.25) is 0 Å². The van der Waals surface area contributed by atoms with Gasteiger partial charge in [-0.25, -0.2) is 0 Å². The van der Waals surface area contributed by atoms with Crippen molar-refractivity contribution in [2.75, 3.05) is 13.7 Å². The molecule has 0 saturated heterocycles. The lowest BCUT2D eigenvalue weighted by molar-refractivity contribution is 0.233. The fourth-order valence-corrected chi connectivity index (χ4v) is 4.30. The summed E-state index contributed by atoms with van der Waals surface area (Å²) >= 11 is 0. The Morgan fingerprint density at radius 1 is 1.16 bits per heavy atom. The largest absolute Gasteiger partial charge is 0.381 e. The molecule has 0 aliphatic carbocycles. The molecule has 0 radical (unpaired) electrons. The molecule has 0 saturated carbocycles. The van der Waals surface area contributed by atoms with Crippen molar-refractivity contribution in [3.05, 3.63) is 35.6 Å². The van der Waals surface area contributed by atoms with Crippen LogP contribution in [-0.2, 0) is 4.74 Å². The molecule has 0 heterocycles. The summed E-state index contributed by atoms with van der Waals surface area (Å²) < 4.78 is 5.07. The van der Waals surface area contributed by atoms with E-state index in [0.29, 0.717) is 6.61 Å². The van der Waals surface area contributed by atoms with E-state index in [1.807, 2.05) is 0 Å². The van der Waals surface area contributed by atoms with Gasteiger partial charge in [-0.2, -0.15) is 0 Å². The number of ether oxygens (including phenoxy) is 1. The van der Waals surface area contributed by atoms with Crippen LogP contribution >= 0.6 is 0 Å². The van der Waals surface area contributed by atoms with Gasteiger partial charge >= 0.3 is 0 Å². The van der Waals surface area contributed by atoms with Gasteiger partial charge in [0.05, 0.1) is 14.7 Å². The highest BCUT2D eigenvalue weighted by molar-refractivity contribution is 6.83. The predicted molar refractivity (Wildman–Crippen MR) is 90.3 cm³/mol. The fourth-order valence-electron chi connectivity index (χ4n) is 2.29. The molecule has 0 fully saturated rings. The standard InChI is InChI=1S/C17H32OSi/c1-7-9-13-16(12-8-2)17(19(4,5)6)14-10-11-15-18-3/h8,10-11H,2,7,9,12-15H2,1,3-6H3/b11-10+,17-16-. The average Bonchev–Trinajstić information content (AvgIpc) is 2.33. The maximum atomic E-state index is 5.07. The molecule has 0 unspecified atom stereocenters. The Kier molecular flexibility index (Phi) is 9.89. The van der Waals surface area contributed by atoms with E-state index >= 15 is 0 Å². The quantitative estimate of drug-likeness (QED) is 0.378. The summed E-state index contributed by atoms with van der Waals surface area (Å²) in [5.74, 6) is 0. The van der Waals surface area contributed by atoms with E-state index in [1.165, 1.54) is 19.3 Å². The summed E-state index contributed by atoms with van der Waals surface area (Å²) in [6.07, 6.45) is 12.4. The highest BCUT2D eigenvalue weighted by Gasteiger charge is 2.21. The van der Waals surface area contributed by atoms with Crippen molar-refractivity contribution in [2.24, 2.45) is 0 Å². The van der Waals surface area contributed by atoms with Crippen LogP contribution in [0.5, 0.6) is 0 Å². The zero-order chi connectivity index (χ0) is 14.7. The molecule has 110 valence electrons. The molecule has 0 spiro atoms. The highest BCUT2D eigenvalue weighted by atomic mass is 28.3. The van der Waals surface area contributed by atoms with E-state index in [1.54, 1.807) is 17.9 Å². The maximum absolute atomic E-state index is 5.07. The summed E-state index contributed by atoms with van der Waals surface area (Å²) in [6, 6.07) is 0. The number of rotatable bonds is 10. The second-order valence-corrected chi connectivity index (χ2v) is 11.2. The van der Waals surface area contributed by atoms with E-state index in [2.05, 4.69) is 51.4 Å². The normalized spacial score (nSPS) is 13.7. The minimum absolute atomic E-state index is 0.713. The Morgan fingerprint density at radius 3 is 2.32 bits per heavy atom. The van der Waals surface area contributed by atoms with Crippen molar-refractivity contribution in [1.82, 2.24) is 0 Å². The summed E-state index contributed by atoms with van der Waals surface area (Å²) in [5, 5.41) is 1.70. The van der Waals surface area contributed by atoms with E-state index in [0.717, 1.165) is 12.8 Å². The van der Waals surface area contributed by atoms with E-state index < -0.39 is 8.07 Å². The smallest absolute Gasteiger partial charge is 0.0728 e. The zero-order valence-electron chi connectivity index (χ0n) is 13.6. The lowest BCUT2D eigenvalue weighted by Crippen LogP contribution is -2.25. The molecule has 0 N–H and O–H groups in total. The second-order valence-electron chi connectivity index (χ2n) is 6.06. The van der Waals surface area contributed by atoms with Gasteiger partial charge in [0, 0.05) is 7.11 Å². The average molecular weight is 281 g/mol. The van der Waals surface area contributed by atoms with Crippen molar-refractivity contribution in [3.8, 4) is 0 Å². The first-order chi connectivity index (χ1) is 8.97. The van der Waals surface area contributed by atoms with Crippen molar-refractivity contribution in [3.63, 3.8) is 0 Å². The Hall–Kier alpha value is -0.603. The monoisotopic (exact) mass is 280 g/mol. The molecule has 0 aromatic heterocycles. The Balaban J connectivity index is 5.06. The van der Waals surface area contributed by atoms with Gasteiger partial charge in [-0.05, 0) is 25.7 Å². The lowest BCUT2D eigenvalue weighted by atomic mass is 10.0. The van der Waals surface area contributed by atoms with Crippen LogP contribution in [-0.4, -0.2) is 21.8 Å². The number of allylic oxidation sites excluding steroid dienone is 4. The van der Waals surface area contributed by atoms with Gasteiger partial charge in [0.15, 0.2) is 0 Å². The van der Waals surface area contributed by atoms with Crippen LogP contribution in [0.2, 0.25) is 19.6 Å². The molecular formula is C17H32OSi. The van der Waals surface area contributed by atoms with E-state index in [-0.39, 0.29) is 0 Å². The van der Waals surface area contributed by atoms with Crippen LogP contribution in [0.3, 0.4) is 0 Å². The van der Waals surface area contributed by atoms with Crippen LogP contribution in [0, 0.1) is 0 Å². The number of methoxy groups -OCH3 is 1. The number of hydrogen-bond acceptors (Lipinski definition) is 1. The predicted octanol–water partition coefficient (Wildman–Crippen LogP) is 5.52. The summed E-state index contributed by atoms with van der Waals surface area (Å²) in [6.45, 7) is 14.2. The van der Waals surface area contributed by atoms with Crippen LogP contribution in [0.15, 0.2) is 35.6 Å². The van der Waals surface area contributed by atoms with Crippen molar-refractivity contribution in [2.45, 2.75) is 58.7 Å². The molecule has 0 aliphatic rings. The second kappa shape index (κ2) is 10.2. The van der Waals surface area contributed by atoms with Crippen LogP contribution in [0.4, 0.5) is 0 Å². The molecule has 0 aliphatic heterocycles.